The van der Waals surface area contributed by atoms with Gasteiger partial charge in [0, 0.05) is 10.7 Å². The quantitative estimate of drug-likeness (QED) is 0.254. The predicted octanol–water partition coefficient (Wildman–Crippen LogP) is 7.08. The Morgan fingerprint density at radius 2 is 1.79 bits per heavy atom. The van der Waals surface area contributed by atoms with Crippen LogP contribution >= 0.6 is 23.2 Å². The van der Waals surface area contributed by atoms with Gasteiger partial charge in [0.15, 0.2) is 11.5 Å². The molecule has 1 amide bonds. The number of ether oxygens (including phenoxy) is 2. The van der Waals surface area contributed by atoms with Crippen molar-refractivity contribution < 1.29 is 14.3 Å². The maximum Gasteiger partial charge on any atom is 0.266 e. The van der Waals surface area contributed by atoms with Crippen LogP contribution in [0, 0.1) is 11.3 Å². The molecule has 0 aliphatic heterocycles. The zero-order chi connectivity index (χ0) is 24.5. The molecule has 0 aliphatic rings. The van der Waals surface area contributed by atoms with Crippen LogP contribution in [0.15, 0.2) is 66.2 Å². The number of anilines is 1. The van der Waals surface area contributed by atoms with Crippen LogP contribution in [0.5, 0.6) is 11.5 Å². The normalized spacial score (nSPS) is 11.0. The second-order valence-corrected chi connectivity index (χ2v) is 8.20. The molecule has 0 unspecified atom stereocenters. The Hall–Kier alpha value is -3.46. The summed E-state index contributed by atoms with van der Waals surface area (Å²) in [6, 6.07) is 20.1. The molecule has 0 aliphatic carbocycles. The number of carbonyl (C=O) groups excluding carboxylic acids is 1. The molecule has 7 heteroatoms. The average Bonchev–Trinajstić information content (AvgIpc) is 2.82. The molecule has 0 spiro atoms. The molecule has 0 saturated heterocycles. The third kappa shape index (κ3) is 6.77. The van der Waals surface area contributed by atoms with E-state index >= 15 is 0 Å². The summed E-state index contributed by atoms with van der Waals surface area (Å²) in [7, 11) is 0. The number of halogens is 2. The molecule has 5 nitrogen and oxygen atoms in total. The summed E-state index contributed by atoms with van der Waals surface area (Å²) in [5.41, 5.74) is 3.12. The number of hydrogen-bond donors (Lipinski definition) is 1. The minimum atomic E-state index is -0.512. The summed E-state index contributed by atoms with van der Waals surface area (Å²) in [6.07, 6.45) is 2.37. The van der Waals surface area contributed by atoms with Crippen molar-refractivity contribution in [3.8, 4) is 17.6 Å². The molecule has 3 aromatic rings. The SMILES string of the molecule is CCOc1cc(/C=C(\C#N)C(=O)Nc2ccc(CC)cc2)cc(Cl)c1OCc1cccc(Cl)c1. The van der Waals surface area contributed by atoms with Crippen LogP contribution in [0.4, 0.5) is 5.69 Å². The van der Waals surface area contributed by atoms with Gasteiger partial charge in [-0.25, -0.2) is 0 Å². The second kappa shape index (κ2) is 12.1. The number of hydrogen-bond acceptors (Lipinski definition) is 4. The summed E-state index contributed by atoms with van der Waals surface area (Å²) < 4.78 is 11.6. The van der Waals surface area contributed by atoms with Gasteiger partial charge in [-0.15, -0.1) is 0 Å². The Balaban J connectivity index is 1.82. The molecule has 3 aromatic carbocycles. The fraction of sp³-hybridized carbons (Fsp3) is 0.185. The van der Waals surface area contributed by atoms with Crippen molar-refractivity contribution in [2.45, 2.75) is 26.9 Å². The van der Waals surface area contributed by atoms with Crippen molar-refractivity contribution >= 4 is 40.9 Å². The number of nitrogens with zero attached hydrogens (tertiary/aromatic N) is 1. The first-order valence-electron chi connectivity index (χ1n) is 10.8. The Morgan fingerprint density at radius 3 is 2.44 bits per heavy atom. The van der Waals surface area contributed by atoms with E-state index in [0.717, 1.165) is 17.5 Å². The second-order valence-electron chi connectivity index (χ2n) is 7.36. The minimum Gasteiger partial charge on any atom is -0.490 e. The number of nitrogens with one attached hydrogen (secondary N) is 1. The van der Waals surface area contributed by atoms with Crippen LogP contribution in [0.3, 0.4) is 0 Å². The van der Waals surface area contributed by atoms with Crippen LogP contribution in [0.1, 0.15) is 30.5 Å². The molecule has 0 heterocycles. The lowest BCUT2D eigenvalue weighted by Crippen LogP contribution is -2.13. The summed E-state index contributed by atoms with van der Waals surface area (Å²) in [6.45, 7) is 4.53. The number of nitriles is 1. The predicted molar refractivity (Wildman–Crippen MR) is 136 cm³/mol. The number of aryl methyl sites for hydroxylation is 1. The van der Waals surface area contributed by atoms with Gasteiger partial charge in [0.05, 0.1) is 11.6 Å². The summed E-state index contributed by atoms with van der Waals surface area (Å²) in [5.74, 6) is 0.276. The van der Waals surface area contributed by atoms with Crippen molar-refractivity contribution in [2.24, 2.45) is 0 Å². The van der Waals surface area contributed by atoms with Gasteiger partial charge in [-0.1, -0.05) is 54.4 Å². The van der Waals surface area contributed by atoms with Gasteiger partial charge >= 0.3 is 0 Å². The van der Waals surface area contributed by atoms with Gasteiger partial charge in [-0.05, 0) is 72.5 Å². The van der Waals surface area contributed by atoms with E-state index in [9.17, 15) is 10.1 Å². The topological polar surface area (TPSA) is 71.3 Å². The largest absolute Gasteiger partial charge is 0.490 e. The molecule has 0 saturated carbocycles. The maximum absolute atomic E-state index is 12.7. The fourth-order valence-corrected chi connectivity index (χ4v) is 3.68. The lowest BCUT2D eigenvalue weighted by atomic mass is 10.1. The van der Waals surface area contributed by atoms with E-state index < -0.39 is 5.91 Å². The lowest BCUT2D eigenvalue weighted by Gasteiger charge is -2.15. The molecule has 0 atom stereocenters. The summed E-state index contributed by atoms with van der Waals surface area (Å²) in [5, 5.41) is 13.2. The van der Waals surface area contributed by atoms with Crippen LogP contribution in [0.25, 0.3) is 6.08 Å². The van der Waals surface area contributed by atoms with Gasteiger partial charge in [0.2, 0.25) is 0 Å². The third-order valence-corrected chi connectivity index (χ3v) is 5.42. The highest BCUT2D eigenvalue weighted by atomic mass is 35.5. The third-order valence-electron chi connectivity index (χ3n) is 4.90. The Kier molecular flexibility index (Phi) is 8.98. The fourth-order valence-electron chi connectivity index (χ4n) is 3.19. The van der Waals surface area contributed by atoms with Crippen LogP contribution in [-0.4, -0.2) is 12.5 Å². The molecule has 0 radical (unpaired) electrons. The Labute approximate surface area is 209 Å². The minimum absolute atomic E-state index is 0.0642. The zero-order valence-corrected chi connectivity index (χ0v) is 20.4. The van der Waals surface area contributed by atoms with Gasteiger partial charge in [0.1, 0.15) is 18.2 Å². The molecule has 0 bridgehead atoms. The van der Waals surface area contributed by atoms with Crippen molar-refractivity contribution in [3.05, 3.63) is 93.0 Å². The highest BCUT2D eigenvalue weighted by Gasteiger charge is 2.15. The van der Waals surface area contributed by atoms with Crippen molar-refractivity contribution in [3.63, 3.8) is 0 Å². The monoisotopic (exact) mass is 494 g/mol. The number of amides is 1. The Morgan fingerprint density at radius 1 is 1.03 bits per heavy atom. The first-order chi connectivity index (χ1) is 16.4. The average molecular weight is 495 g/mol. The summed E-state index contributed by atoms with van der Waals surface area (Å²) in [4.78, 5) is 12.7. The highest BCUT2D eigenvalue weighted by Crippen LogP contribution is 2.38. The van der Waals surface area contributed by atoms with E-state index in [0.29, 0.717) is 39.4 Å². The number of rotatable bonds is 9. The molecule has 0 fully saturated rings. The van der Waals surface area contributed by atoms with Crippen molar-refractivity contribution in [1.29, 1.82) is 5.26 Å². The summed E-state index contributed by atoms with van der Waals surface area (Å²) >= 11 is 12.5. The zero-order valence-electron chi connectivity index (χ0n) is 18.9. The van der Waals surface area contributed by atoms with Crippen LogP contribution < -0.4 is 14.8 Å². The van der Waals surface area contributed by atoms with Crippen LogP contribution in [-0.2, 0) is 17.8 Å². The molecule has 174 valence electrons. The van der Waals surface area contributed by atoms with Crippen molar-refractivity contribution in [1.82, 2.24) is 0 Å². The first kappa shape index (κ1) is 25.2. The molecule has 0 aromatic heterocycles. The molecular weight excluding hydrogens is 471 g/mol. The first-order valence-corrected chi connectivity index (χ1v) is 11.5. The highest BCUT2D eigenvalue weighted by molar-refractivity contribution is 6.32. The van der Waals surface area contributed by atoms with E-state index in [1.165, 1.54) is 6.08 Å². The van der Waals surface area contributed by atoms with E-state index in [2.05, 4.69) is 12.2 Å². The van der Waals surface area contributed by atoms with Gasteiger partial charge in [0.25, 0.3) is 5.91 Å². The van der Waals surface area contributed by atoms with Gasteiger partial charge in [-0.3, -0.25) is 4.79 Å². The number of benzene rings is 3. The molecule has 34 heavy (non-hydrogen) atoms. The molecule has 1 N–H and O–H groups in total. The smallest absolute Gasteiger partial charge is 0.266 e. The van der Waals surface area contributed by atoms with Gasteiger partial charge in [-0.2, -0.15) is 5.26 Å². The Bertz CT molecular complexity index is 1230. The molecular formula is C27H24Cl2N2O3. The van der Waals surface area contributed by atoms with E-state index in [1.54, 1.807) is 24.3 Å². The lowest BCUT2D eigenvalue weighted by molar-refractivity contribution is -0.112. The number of carbonyl (C=O) groups is 1. The van der Waals surface area contributed by atoms with E-state index in [-0.39, 0.29) is 12.2 Å². The van der Waals surface area contributed by atoms with E-state index in [4.69, 9.17) is 32.7 Å². The van der Waals surface area contributed by atoms with Crippen molar-refractivity contribution in [2.75, 3.05) is 11.9 Å². The molecule has 3 rings (SSSR count). The standard InChI is InChI=1S/C27H24Cl2N2O3/c1-3-18-8-10-23(11-9-18)31-27(32)21(16-30)12-20-14-24(29)26(25(15-20)33-4-2)34-17-19-6-5-7-22(28)13-19/h5-15H,3-4,17H2,1-2H3,(H,31,32)/b21-12+. The van der Waals surface area contributed by atoms with E-state index in [1.807, 2.05) is 49.4 Å². The van der Waals surface area contributed by atoms with Crippen LogP contribution in [0.2, 0.25) is 10.0 Å². The maximum atomic E-state index is 12.7. The van der Waals surface area contributed by atoms with Gasteiger partial charge < -0.3 is 14.8 Å².